The topological polar surface area (TPSA) is 63.6 Å². The maximum absolute atomic E-state index is 12.6. The van der Waals surface area contributed by atoms with Crippen molar-refractivity contribution in [3.05, 3.63) is 65.2 Å². The lowest BCUT2D eigenvalue weighted by Gasteiger charge is -2.29. The number of hydrogen-bond acceptors (Lipinski definition) is 4. The highest BCUT2D eigenvalue weighted by molar-refractivity contribution is 7.88. The van der Waals surface area contributed by atoms with Gasteiger partial charge in [-0.1, -0.05) is 36.3 Å². The number of fused-ring (bicyclic) bond motifs is 5. The lowest BCUT2D eigenvalue weighted by atomic mass is 9.75. The van der Waals surface area contributed by atoms with Crippen molar-refractivity contribution in [1.82, 2.24) is 0 Å². The largest absolute Gasteiger partial charge is 0.534 e. The fourth-order valence-electron chi connectivity index (χ4n) is 6.15. The smallest absolute Gasteiger partial charge is 0.508 e. The Balaban J connectivity index is 1.53. The van der Waals surface area contributed by atoms with E-state index in [9.17, 15) is 26.7 Å². The molecule has 2 bridgehead atoms. The van der Waals surface area contributed by atoms with E-state index in [4.69, 9.17) is 0 Å². The van der Waals surface area contributed by atoms with Crippen LogP contribution in [0.15, 0.2) is 54.1 Å². The maximum Gasteiger partial charge on any atom is 0.534 e. The first kappa shape index (κ1) is 21.4. The van der Waals surface area contributed by atoms with Crippen molar-refractivity contribution in [2.45, 2.75) is 37.6 Å². The Morgan fingerprint density at radius 1 is 0.938 bits per heavy atom. The number of benzene rings is 2. The average Bonchev–Trinajstić information content (AvgIpc) is 3.43. The molecule has 2 aromatic carbocycles. The van der Waals surface area contributed by atoms with Crippen LogP contribution in [0.4, 0.5) is 13.2 Å². The van der Waals surface area contributed by atoms with Gasteiger partial charge in [-0.25, -0.2) is 0 Å². The summed E-state index contributed by atoms with van der Waals surface area (Å²) >= 11 is 0. The molecule has 4 unspecified atom stereocenters. The predicted octanol–water partition coefficient (Wildman–Crippen LogP) is 5.88. The van der Waals surface area contributed by atoms with Gasteiger partial charge < -0.3 is 9.29 Å². The Bertz CT molecular complexity index is 1150. The standard InChI is InChI=1S/C24H23F3O4S/c25-24(26,27)32(29,30)31-18-10-6-15(7-11-18)23(14-4-8-17(28)9-5-14)22-13-16-12-21(22)20-3-1-2-19(16)20/h4-11,16,19-21,28H,1-3,12-13H2/b23-22+. The second-order valence-electron chi connectivity index (χ2n) is 9.02. The lowest BCUT2D eigenvalue weighted by molar-refractivity contribution is -0.0500. The molecule has 8 heteroatoms. The van der Waals surface area contributed by atoms with E-state index in [0.29, 0.717) is 17.8 Å². The van der Waals surface area contributed by atoms with Crippen LogP contribution < -0.4 is 4.18 Å². The van der Waals surface area contributed by atoms with Crippen LogP contribution in [0.25, 0.3) is 5.57 Å². The van der Waals surface area contributed by atoms with E-state index in [1.807, 2.05) is 12.1 Å². The Labute approximate surface area is 184 Å². The van der Waals surface area contributed by atoms with Gasteiger partial charge in [0.2, 0.25) is 0 Å². The van der Waals surface area contributed by atoms with E-state index in [-0.39, 0.29) is 11.5 Å². The minimum Gasteiger partial charge on any atom is -0.508 e. The SMILES string of the molecule is O=S(=O)(Oc1ccc(/C(=C2\CC3CC2C2CCCC32)c2ccc(O)cc2)cc1)C(F)(F)F. The van der Waals surface area contributed by atoms with Gasteiger partial charge >= 0.3 is 15.6 Å². The Morgan fingerprint density at radius 3 is 2.16 bits per heavy atom. The zero-order valence-corrected chi connectivity index (χ0v) is 18.0. The zero-order valence-electron chi connectivity index (χ0n) is 17.2. The fourth-order valence-corrected chi connectivity index (χ4v) is 6.61. The van der Waals surface area contributed by atoms with Gasteiger partial charge in [0.25, 0.3) is 0 Å². The van der Waals surface area contributed by atoms with Crippen molar-refractivity contribution in [2.75, 3.05) is 0 Å². The summed E-state index contributed by atoms with van der Waals surface area (Å²) in [5, 5.41) is 9.73. The molecule has 170 valence electrons. The molecule has 3 aliphatic carbocycles. The third kappa shape index (κ3) is 3.58. The molecule has 4 atom stereocenters. The summed E-state index contributed by atoms with van der Waals surface area (Å²) in [5.41, 5.74) is -1.37. The van der Waals surface area contributed by atoms with Gasteiger partial charge in [-0.05, 0) is 90.3 Å². The van der Waals surface area contributed by atoms with Gasteiger partial charge in [0.1, 0.15) is 11.5 Å². The highest BCUT2D eigenvalue weighted by Crippen LogP contribution is 2.62. The van der Waals surface area contributed by atoms with Crippen LogP contribution in [0.3, 0.4) is 0 Å². The number of halogens is 3. The summed E-state index contributed by atoms with van der Waals surface area (Å²) in [6.45, 7) is 0. The predicted molar refractivity (Wildman–Crippen MR) is 113 cm³/mol. The van der Waals surface area contributed by atoms with E-state index in [2.05, 4.69) is 4.18 Å². The molecule has 0 aromatic heterocycles. The first-order valence-corrected chi connectivity index (χ1v) is 12.2. The van der Waals surface area contributed by atoms with E-state index < -0.39 is 15.6 Å². The molecule has 3 aliphatic rings. The Hall–Kier alpha value is -2.48. The van der Waals surface area contributed by atoms with Crippen molar-refractivity contribution in [3.63, 3.8) is 0 Å². The minimum absolute atomic E-state index is 0.156. The third-order valence-electron chi connectivity index (χ3n) is 7.34. The van der Waals surface area contributed by atoms with Crippen LogP contribution in [0, 0.1) is 23.7 Å². The molecule has 0 heterocycles. The van der Waals surface area contributed by atoms with Crippen molar-refractivity contribution in [3.8, 4) is 11.5 Å². The van der Waals surface area contributed by atoms with E-state index in [1.54, 1.807) is 24.3 Å². The van der Waals surface area contributed by atoms with E-state index >= 15 is 0 Å². The van der Waals surface area contributed by atoms with Gasteiger partial charge in [0.15, 0.2) is 0 Å². The molecule has 2 aromatic rings. The fraction of sp³-hybridized carbons (Fsp3) is 0.417. The number of allylic oxidation sites excluding steroid dienone is 1. The Kier molecular flexibility index (Phi) is 5.04. The highest BCUT2D eigenvalue weighted by Gasteiger charge is 2.52. The van der Waals surface area contributed by atoms with Crippen molar-refractivity contribution in [2.24, 2.45) is 23.7 Å². The number of rotatable bonds is 4. The summed E-state index contributed by atoms with van der Waals surface area (Å²) in [6, 6.07) is 12.6. The van der Waals surface area contributed by atoms with Gasteiger partial charge in [-0.2, -0.15) is 21.6 Å². The zero-order chi connectivity index (χ0) is 22.7. The lowest BCUT2D eigenvalue weighted by Crippen LogP contribution is -2.28. The van der Waals surface area contributed by atoms with Crippen LogP contribution in [0.1, 0.15) is 43.2 Å². The quantitative estimate of drug-likeness (QED) is 0.454. The van der Waals surface area contributed by atoms with Crippen LogP contribution >= 0.6 is 0 Å². The second-order valence-corrected chi connectivity index (χ2v) is 10.6. The normalized spacial score (nSPS) is 28.6. The Morgan fingerprint density at radius 2 is 1.53 bits per heavy atom. The monoisotopic (exact) mass is 464 g/mol. The van der Waals surface area contributed by atoms with Gasteiger partial charge in [0, 0.05) is 0 Å². The molecule has 0 saturated heterocycles. The van der Waals surface area contributed by atoms with Crippen LogP contribution in [0.2, 0.25) is 0 Å². The molecule has 3 fully saturated rings. The molecule has 3 saturated carbocycles. The maximum atomic E-state index is 12.6. The molecule has 0 aliphatic heterocycles. The molecule has 0 radical (unpaired) electrons. The first-order valence-electron chi connectivity index (χ1n) is 10.8. The molecule has 4 nitrogen and oxygen atoms in total. The molecule has 5 rings (SSSR count). The van der Waals surface area contributed by atoms with Crippen LogP contribution in [-0.4, -0.2) is 19.0 Å². The third-order valence-corrected chi connectivity index (χ3v) is 8.32. The first-order chi connectivity index (χ1) is 15.1. The van der Waals surface area contributed by atoms with Crippen molar-refractivity contribution in [1.29, 1.82) is 0 Å². The molecule has 0 spiro atoms. The van der Waals surface area contributed by atoms with Gasteiger partial charge in [-0.15, -0.1) is 0 Å². The van der Waals surface area contributed by atoms with Crippen molar-refractivity contribution < 1.29 is 30.9 Å². The van der Waals surface area contributed by atoms with E-state index in [0.717, 1.165) is 29.0 Å². The summed E-state index contributed by atoms with van der Waals surface area (Å²) < 4.78 is 64.8. The van der Waals surface area contributed by atoms with Crippen LogP contribution in [0.5, 0.6) is 11.5 Å². The molecule has 32 heavy (non-hydrogen) atoms. The number of aromatic hydroxyl groups is 1. The van der Waals surface area contributed by atoms with E-state index in [1.165, 1.54) is 43.4 Å². The second kappa shape index (κ2) is 7.54. The van der Waals surface area contributed by atoms with Crippen molar-refractivity contribution >= 4 is 15.7 Å². The van der Waals surface area contributed by atoms with Crippen LogP contribution in [-0.2, 0) is 10.1 Å². The molecular weight excluding hydrogens is 441 g/mol. The molecule has 1 N–H and O–H groups in total. The highest BCUT2D eigenvalue weighted by atomic mass is 32.2. The molecule has 0 amide bonds. The summed E-state index contributed by atoms with van der Waals surface area (Å²) in [4.78, 5) is 0. The van der Waals surface area contributed by atoms with Gasteiger partial charge in [-0.3, -0.25) is 0 Å². The summed E-state index contributed by atoms with van der Waals surface area (Å²) in [5.74, 6) is 2.43. The number of phenolic OH excluding ortho intramolecular Hbond substituents is 1. The summed E-state index contributed by atoms with van der Waals surface area (Å²) in [7, 11) is -5.71. The number of hydrogen-bond donors (Lipinski definition) is 1. The minimum atomic E-state index is -5.71. The average molecular weight is 465 g/mol. The number of phenols is 1. The summed E-state index contributed by atoms with van der Waals surface area (Å²) in [6.07, 6.45) is 5.98. The molecular formula is C24H23F3O4S. The van der Waals surface area contributed by atoms with Gasteiger partial charge in [0.05, 0.1) is 0 Å². The number of alkyl halides is 3.